The number of carbonyl (C=O) groups is 1. The molecule has 180 valence electrons. The maximum absolute atomic E-state index is 12.9. The first kappa shape index (κ1) is 23.2. The van der Waals surface area contributed by atoms with Crippen LogP contribution in [0.15, 0.2) is 71.7 Å². The summed E-state index contributed by atoms with van der Waals surface area (Å²) in [5, 5.41) is 11.9. The molecule has 1 saturated heterocycles. The third kappa shape index (κ3) is 5.57. The minimum absolute atomic E-state index is 0.00132. The van der Waals surface area contributed by atoms with Crippen molar-refractivity contribution in [2.75, 3.05) is 13.1 Å². The number of H-pyrrole nitrogens is 1. The number of nitrogens with one attached hydrogen (secondary N) is 2. The summed E-state index contributed by atoms with van der Waals surface area (Å²) in [4.78, 5) is 26.7. The van der Waals surface area contributed by atoms with Crippen LogP contribution in [0, 0.1) is 5.92 Å². The van der Waals surface area contributed by atoms with E-state index < -0.39 is 0 Å². The number of nitrogens with zero attached hydrogens (tertiary/aromatic N) is 3. The van der Waals surface area contributed by atoms with Crippen molar-refractivity contribution in [2.45, 2.75) is 32.4 Å². The normalized spacial score (nSPS) is 15.9. The summed E-state index contributed by atoms with van der Waals surface area (Å²) >= 11 is 6.11. The summed E-state index contributed by atoms with van der Waals surface area (Å²) in [5.41, 5.74) is 4.03. The highest BCUT2D eigenvalue weighted by Crippen LogP contribution is 2.23. The lowest BCUT2D eigenvalue weighted by Crippen LogP contribution is -2.45. The van der Waals surface area contributed by atoms with E-state index in [9.17, 15) is 9.59 Å². The Hall–Kier alpha value is -3.58. The first-order valence-corrected chi connectivity index (χ1v) is 12.3. The molecule has 4 aromatic rings. The smallest absolute Gasteiger partial charge is 0.317 e. The summed E-state index contributed by atoms with van der Waals surface area (Å²) in [6.07, 6.45) is 4.83. The minimum atomic E-state index is -0.0588. The van der Waals surface area contributed by atoms with Crippen LogP contribution in [0.5, 0.6) is 0 Å². The molecule has 35 heavy (non-hydrogen) atoms. The van der Waals surface area contributed by atoms with Crippen molar-refractivity contribution < 1.29 is 4.79 Å². The number of hydrogen-bond acceptors (Lipinski definition) is 3. The molecule has 1 fully saturated rings. The van der Waals surface area contributed by atoms with Crippen molar-refractivity contribution >= 4 is 28.5 Å². The standard InChI is InChI=1S/C27H28ClN5O2/c28-22-10-11-24-23(15-22)25(31-30-24)16-29-27(35)33-13-3-4-21(18-33)14-19-6-8-20(9-7-19)17-32-12-2-1-5-26(32)34/h1-2,5-12,15,21H,3-4,13-14,16-18H2,(H,29,35)(H,30,31). The van der Waals surface area contributed by atoms with Crippen molar-refractivity contribution in [3.8, 4) is 0 Å². The number of carbonyl (C=O) groups excluding carboxylic acids is 1. The molecule has 2 amide bonds. The molecule has 3 heterocycles. The zero-order chi connectivity index (χ0) is 24.2. The molecule has 0 aliphatic carbocycles. The molecule has 7 nitrogen and oxygen atoms in total. The quantitative estimate of drug-likeness (QED) is 0.415. The van der Waals surface area contributed by atoms with Gasteiger partial charge in [0.1, 0.15) is 0 Å². The Balaban J connectivity index is 1.15. The van der Waals surface area contributed by atoms with Crippen LogP contribution in [0.2, 0.25) is 5.02 Å². The summed E-state index contributed by atoms with van der Waals surface area (Å²) < 4.78 is 1.70. The SMILES string of the molecule is O=C(NCc1n[nH]c2ccc(Cl)cc12)N1CCCC(Cc2ccc(Cn3ccccc3=O)cc2)C1. The largest absolute Gasteiger partial charge is 0.332 e. The van der Waals surface area contributed by atoms with Gasteiger partial charge >= 0.3 is 6.03 Å². The molecule has 1 unspecified atom stereocenters. The van der Waals surface area contributed by atoms with Crippen LogP contribution in [0.3, 0.4) is 0 Å². The number of piperidine rings is 1. The molecule has 0 spiro atoms. The second-order valence-electron chi connectivity index (χ2n) is 9.16. The number of rotatable bonds is 6. The van der Waals surface area contributed by atoms with Gasteiger partial charge in [0.15, 0.2) is 0 Å². The number of halogens is 1. The fraction of sp³-hybridized carbons (Fsp3) is 0.296. The summed E-state index contributed by atoms with van der Waals surface area (Å²) in [7, 11) is 0. The van der Waals surface area contributed by atoms with Gasteiger partial charge in [0, 0.05) is 35.8 Å². The van der Waals surface area contributed by atoms with Crippen LogP contribution in [-0.2, 0) is 19.5 Å². The van der Waals surface area contributed by atoms with Gasteiger partial charge in [-0.05, 0) is 60.6 Å². The minimum Gasteiger partial charge on any atom is -0.332 e. The Bertz CT molecular complexity index is 1380. The molecule has 2 aromatic carbocycles. The zero-order valence-corrected chi connectivity index (χ0v) is 20.2. The predicted octanol–water partition coefficient (Wildman–Crippen LogP) is 4.59. The van der Waals surface area contributed by atoms with E-state index in [0.717, 1.165) is 54.5 Å². The lowest BCUT2D eigenvalue weighted by Gasteiger charge is -2.33. The molecule has 2 aromatic heterocycles. The highest BCUT2D eigenvalue weighted by atomic mass is 35.5. The van der Waals surface area contributed by atoms with Crippen molar-refractivity contribution in [1.29, 1.82) is 0 Å². The number of urea groups is 1. The van der Waals surface area contributed by atoms with Crippen LogP contribution in [-0.4, -0.2) is 38.8 Å². The van der Waals surface area contributed by atoms with Gasteiger partial charge in [0.2, 0.25) is 0 Å². The first-order chi connectivity index (χ1) is 17.0. The molecule has 0 bridgehead atoms. The number of likely N-dealkylation sites (tertiary alicyclic amines) is 1. The number of fused-ring (bicyclic) bond motifs is 1. The van der Waals surface area contributed by atoms with E-state index in [2.05, 4.69) is 39.8 Å². The third-order valence-corrected chi connectivity index (χ3v) is 6.85. The van der Waals surface area contributed by atoms with Crippen molar-refractivity contribution in [2.24, 2.45) is 5.92 Å². The van der Waals surface area contributed by atoms with Crippen LogP contribution >= 0.6 is 11.6 Å². The lowest BCUT2D eigenvalue weighted by atomic mass is 9.91. The van der Waals surface area contributed by atoms with Crippen LogP contribution in [0.1, 0.15) is 29.7 Å². The van der Waals surface area contributed by atoms with E-state index in [1.165, 1.54) is 5.56 Å². The topological polar surface area (TPSA) is 83.0 Å². The molecule has 8 heteroatoms. The Morgan fingerprint density at radius 3 is 2.77 bits per heavy atom. The maximum atomic E-state index is 12.9. The highest BCUT2D eigenvalue weighted by molar-refractivity contribution is 6.31. The van der Waals surface area contributed by atoms with Gasteiger partial charge in [0.05, 0.1) is 24.3 Å². The average Bonchev–Trinajstić information content (AvgIpc) is 3.27. The van der Waals surface area contributed by atoms with Crippen LogP contribution in [0.4, 0.5) is 4.79 Å². The second kappa shape index (κ2) is 10.4. The second-order valence-corrected chi connectivity index (χ2v) is 9.60. The Morgan fingerprint density at radius 1 is 1.11 bits per heavy atom. The van der Waals surface area contributed by atoms with Gasteiger partial charge in [0.25, 0.3) is 5.56 Å². The van der Waals surface area contributed by atoms with Crippen molar-refractivity contribution in [1.82, 2.24) is 25.0 Å². The molecule has 1 aliphatic heterocycles. The number of benzene rings is 2. The molecule has 0 radical (unpaired) electrons. The van der Waals surface area contributed by atoms with Crippen LogP contribution < -0.4 is 10.9 Å². The molecule has 1 aliphatic rings. The number of pyridine rings is 1. The third-order valence-electron chi connectivity index (χ3n) is 6.62. The molecule has 1 atom stereocenters. The molecule has 0 saturated carbocycles. The van der Waals surface area contributed by atoms with Gasteiger partial charge < -0.3 is 14.8 Å². The monoisotopic (exact) mass is 489 g/mol. The van der Waals surface area contributed by atoms with E-state index >= 15 is 0 Å². The summed E-state index contributed by atoms with van der Waals surface area (Å²) in [6.45, 7) is 2.42. The molecule has 5 rings (SSSR count). The number of hydrogen-bond donors (Lipinski definition) is 2. The number of amides is 2. The van der Waals surface area contributed by atoms with E-state index in [1.54, 1.807) is 16.7 Å². The average molecular weight is 490 g/mol. The molecule has 2 N–H and O–H groups in total. The number of aromatic nitrogens is 3. The summed E-state index contributed by atoms with van der Waals surface area (Å²) in [5.74, 6) is 0.419. The Labute approximate surface area is 208 Å². The van der Waals surface area contributed by atoms with Crippen molar-refractivity contribution in [3.05, 3.63) is 99.1 Å². The maximum Gasteiger partial charge on any atom is 0.317 e. The van der Waals surface area contributed by atoms with Crippen LogP contribution in [0.25, 0.3) is 10.9 Å². The first-order valence-electron chi connectivity index (χ1n) is 11.9. The van der Waals surface area contributed by atoms with Gasteiger partial charge in [-0.25, -0.2) is 4.79 Å². The number of aromatic amines is 1. The predicted molar refractivity (Wildman–Crippen MR) is 138 cm³/mol. The molecular formula is C27H28ClN5O2. The Morgan fingerprint density at radius 2 is 1.94 bits per heavy atom. The van der Waals surface area contributed by atoms with Gasteiger partial charge in [-0.15, -0.1) is 0 Å². The van der Waals surface area contributed by atoms with Gasteiger partial charge in [-0.2, -0.15) is 5.10 Å². The zero-order valence-electron chi connectivity index (χ0n) is 19.4. The van der Waals surface area contributed by atoms with Gasteiger partial charge in [-0.1, -0.05) is 41.9 Å². The summed E-state index contributed by atoms with van der Waals surface area (Å²) in [6, 6.07) is 19.1. The van der Waals surface area contributed by atoms with E-state index in [0.29, 0.717) is 24.0 Å². The highest BCUT2D eigenvalue weighted by Gasteiger charge is 2.24. The lowest BCUT2D eigenvalue weighted by molar-refractivity contribution is 0.165. The van der Waals surface area contributed by atoms with Gasteiger partial charge in [-0.3, -0.25) is 9.89 Å². The fourth-order valence-corrected chi connectivity index (χ4v) is 4.94. The van der Waals surface area contributed by atoms with E-state index in [1.807, 2.05) is 35.4 Å². The van der Waals surface area contributed by atoms with Crippen molar-refractivity contribution in [3.63, 3.8) is 0 Å². The van der Waals surface area contributed by atoms with E-state index in [4.69, 9.17) is 11.6 Å². The molecular weight excluding hydrogens is 462 g/mol. The van der Waals surface area contributed by atoms with E-state index in [-0.39, 0.29) is 11.6 Å². The Kier molecular flexibility index (Phi) is 6.86. The fourth-order valence-electron chi connectivity index (χ4n) is 4.76.